The van der Waals surface area contributed by atoms with Crippen LogP contribution in [0.1, 0.15) is 17.3 Å². The van der Waals surface area contributed by atoms with Crippen molar-refractivity contribution in [3.05, 3.63) is 45.5 Å². The first kappa shape index (κ1) is 16.8. The molecule has 4 nitrogen and oxygen atoms in total. The Morgan fingerprint density at radius 2 is 2.18 bits per heavy atom. The van der Waals surface area contributed by atoms with E-state index >= 15 is 0 Å². The second-order valence-corrected chi connectivity index (χ2v) is 6.41. The molecule has 1 aliphatic rings. The second-order valence-electron chi connectivity index (χ2n) is 4.57. The first-order valence-corrected chi connectivity index (χ1v) is 7.98. The van der Waals surface area contributed by atoms with Crippen LogP contribution in [0.3, 0.4) is 0 Å². The molecule has 0 N–H and O–H groups in total. The van der Waals surface area contributed by atoms with E-state index in [2.05, 4.69) is 11.1 Å². The summed E-state index contributed by atoms with van der Waals surface area (Å²) in [7, 11) is 0. The minimum absolute atomic E-state index is 0.0406. The summed E-state index contributed by atoms with van der Waals surface area (Å²) in [5, 5.41) is 10.2. The maximum Gasteiger partial charge on any atom is 0.270 e. The molecule has 1 atom stereocenters. The van der Waals surface area contributed by atoms with Crippen molar-refractivity contribution >= 4 is 51.7 Å². The molecule has 1 amide bonds. The summed E-state index contributed by atoms with van der Waals surface area (Å²) in [6.07, 6.45) is 1.33. The zero-order valence-electron chi connectivity index (χ0n) is 11.5. The third kappa shape index (κ3) is 3.77. The van der Waals surface area contributed by atoms with Crippen molar-refractivity contribution < 1.29 is 9.59 Å². The van der Waals surface area contributed by atoms with Crippen molar-refractivity contribution in [3.63, 3.8) is 0 Å². The van der Waals surface area contributed by atoms with E-state index in [-0.39, 0.29) is 16.6 Å². The summed E-state index contributed by atoms with van der Waals surface area (Å²) in [6.45, 7) is 1.69. The van der Waals surface area contributed by atoms with E-state index in [4.69, 9.17) is 28.5 Å². The van der Waals surface area contributed by atoms with Gasteiger partial charge in [-0.2, -0.15) is 5.26 Å². The lowest BCUT2D eigenvalue weighted by molar-refractivity contribution is -0.113. The average molecular weight is 353 g/mol. The Hall–Kier alpha value is -1.61. The number of dihydropyridines is 1. The predicted molar refractivity (Wildman–Crippen MR) is 88.6 cm³/mol. The van der Waals surface area contributed by atoms with E-state index in [1.54, 1.807) is 19.1 Å². The molecule has 0 saturated heterocycles. The maximum absolute atomic E-state index is 12.2. The fourth-order valence-electron chi connectivity index (χ4n) is 1.88. The normalized spacial score (nSPS) is 17.5. The van der Waals surface area contributed by atoms with Crippen LogP contribution in [0.2, 0.25) is 10.0 Å². The van der Waals surface area contributed by atoms with E-state index in [0.717, 1.165) is 11.8 Å². The molecule has 112 valence electrons. The van der Waals surface area contributed by atoms with E-state index in [1.165, 1.54) is 12.1 Å². The van der Waals surface area contributed by atoms with Crippen molar-refractivity contribution in [1.82, 2.24) is 0 Å². The number of allylic oxidation sites excluding steroid dienone is 1. The Labute approximate surface area is 141 Å². The second kappa shape index (κ2) is 7.10. The van der Waals surface area contributed by atoms with Gasteiger partial charge in [0.25, 0.3) is 5.91 Å². The molecule has 0 radical (unpaired) electrons. The van der Waals surface area contributed by atoms with Crippen LogP contribution in [0.15, 0.2) is 34.8 Å². The standard InChI is InChI=1S/C15H10Cl2N2O2S/c1-8-4-14(21)19-15(11(8)6-18)22-7-13(20)10-3-2-9(16)5-12(10)17/h2-5,11H,7H2,1H3. The van der Waals surface area contributed by atoms with Gasteiger partial charge in [0.2, 0.25) is 0 Å². The van der Waals surface area contributed by atoms with Crippen LogP contribution in [0, 0.1) is 17.2 Å². The van der Waals surface area contributed by atoms with Gasteiger partial charge in [0.05, 0.1) is 21.9 Å². The van der Waals surface area contributed by atoms with E-state index < -0.39 is 11.8 Å². The smallest absolute Gasteiger partial charge is 0.270 e. The van der Waals surface area contributed by atoms with Gasteiger partial charge in [-0.05, 0) is 30.7 Å². The summed E-state index contributed by atoms with van der Waals surface area (Å²) in [6, 6.07) is 6.70. The minimum Gasteiger partial charge on any atom is -0.293 e. The van der Waals surface area contributed by atoms with E-state index in [1.807, 2.05) is 0 Å². The molecule has 0 saturated carbocycles. The number of hydrogen-bond donors (Lipinski definition) is 0. The number of nitrogens with zero attached hydrogens (tertiary/aromatic N) is 2. The number of rotatable bonds is 3. The highest BCUT2D eigenvalue weighted by Crippen LogP contribution is 2.26. The number of amides is 1. The number of aliphatic imine (C=N–C) groups is 1. The molecular weight excluding hydrogens is 343 g/mol. The van der Waals surface area contributed by atoms with Crippen LogP contribution in [-0.4, -0.2) is 22.5 Å². The molecule has 22 heavy (non-hydrogen) atoms. The molecule has 1 unspecified atom stereocenters. The molecule has 7 heteroatoms. The molecule has 0 bridgehead atoms. The highest BCUT2D eigenvalue weighted by Gasteiger charge is 2.25. The van der Waals surface area contributed by atoms with Crippen LogP contribution in [-0.2, 0) is 4.79 Å². The Bertz CT molecular complexity index is 750. The number of hydrogen-bond acceptors (Lipinski definition) is 4. The monoisotopic (exact) mass is 352 g/mol. The first-order valence-electron chi connectivity index (χ1n) is 6.23. The number of carbonyl (C=O) groups excluding carboxylic acids is 2. The van der Waals surface area contributed by atoms with Gasteiger partial charge in [-0.3, -0.25) is 9.59 Å². The third-order valence-corrected chi connectivity index (χ3v) is 4.56. The van der Waals surface area contributed by atoms with Gasteiger partial charge in [-0.1, -0.05) is 23.2 Å². The molecule has 1 aromatic carbocycles. The maximum atomic E-state index is 12.2. The van der Waals surface area contributed by atoms with Crippen molar-refractivity contribution in [2.75, 3.05) is 5.75 Å². The molecule has 0 spiro atoms. The van der Waals surface area contributed by atoms with Crippen molar-refractivity contribution in [1.29, 1.82) is 5.26 Å². The Balaban J connectivity index is 2.11. The number of halogens is 2. The van der Waals surface area contributed by atoms with Gasteiger partial charge >= 0.3 is 0 Å². The molecule has 0 fully saturated rings. The van der Waals surface area contributed by atoms with Crippen molar-refractivity contribution in [3.8, 4) is 6.07 Å². The van der Waals surface area contributed by atoms with Crippen molar-refractivity contribution in [2.45, 2.75) is 6.92 Å². The lowest BCUT2D eigenvalue weighted by atomic mass is 10.0. The molecule has 1 aromatic rings. The largest absolute Gasteiger partial charge is 0.293 e. The van der Waals surface area contributed by atoms with Gasteiger partial charge < -0.3 is 0 Å². The van der Waals surface area contributed by atoms with Gasteiger partial charge in [-0.25, -0.2) is 4.99 Å². The molecule has 1 heterocycles. The molecule has 2 rings (SSSR count). The lowest BCUT2D eigenvalue weighted by Gasteiger charge is -2.15. The molecule has 0 aromatic heterocycles. The predicted octanol–water partition coefficient (Wildman–Crippen LogP) is 3.93. The van der Waals surface area contributed by atoms with Crippen LogP contribution in [0.4, 0.5) is 0 Å². The Morgan fingerprint density at radius 3 is 2.82 bits per heavy atom. The van der Waals surface area contributed by atoms with Gasteiger partial charge in [0, 0.05) is 16.7 Å². The highest BCUT2D eigenvalue weighted by molar-refractivity contribution is 8.14. The number of carbonyl (C=O) groups is 2. The fourth-order valence-corrected chi connectivity index (χ4v) is 3.39. The quantitative estimate of drug-likeness (QED) is 0.772. The summed E-state index contributed by atoms with van der Waals surface area (Å²) >= 11 is 12.9. The summed E-state index contributed by atoms with van der Waals surface area (Å²) < 4.78 is 0. The minimum atomic E-state index is -0.587. The molecule has 1 aliphatic heterocycles. The lowest BCUT2D eigenvalue weighted by Crippen LogP contribution is -2.19. The topological polar surface area (TPSA) is 70.3 Å². The molecular formula is C15H10Cl2N2O2S. The first-order chi connectivity index (χ1) is 10.4. The number of Topliss-reactive ketones (excluding diaryl/α,β-unsaturated/α-hetero) is 1. The summed E-state index contributed by atoms with van der Waals surface area (Å²) in [4.78, 5) is 27.5. The van der Waals surface area contributed by atoms with Gasteiger partial charge in [-0.15, -0.1) is 11.8 Å². The fraction of sp³-hybridized carbons (Fsp3) is 0.200. The van der Waals surface area contributed by atoms with E-state index in [9.17, 15) is 9.59 Å². The van der Waals surface area contributed by atoms with Gasteiger partial charge in [0.1, 0.15) is 5.92 Å². The van der Waals surface area contributed by atoms with Crippen molar-refractivity contribution in [2.24, 2.45) is 10.9 Å². The van der Waals surface area contributed by atoms with Crippen LogP contribution in [0.25, 0.3) is 0 Å². The average Bonchev–Trinajstić information content (AvgIpc) is 2.44. The van der Waals surface area contributed by atoms with Crippen LogP contribution < -0.4 is 0 Å². The number of ketones is 1. The summed E-state index contributed by atoms with van der Waals surface area (Å²) in [5.74, 6) is -1.18. The highest BCUT2D eigenvalue weighted by atomic mass is 35.5. The van der Waals surface area contributed by atoms with E-state index in [0.29, 0.717) is 21.2 Å². The SMILES string of the molecule is CC1=CC(=O)N=C(SCC(=O)c2ccc(Cl)cc2Cl)C1C#N. The summed E-state index contributed by atoms with van der Waals surface area (Å²) in [5.41, 5.74) is 0.976. The number of nitriles is 1. The van der Waals surface area contributed by atoms with Gasteiger partial charge in [0.15, 0.2) is 5.78 Å². The third-order valence-electron chi connectivity index (χ3n) is 2.99. The zero-order chi connectivity index (χ0) is 16.3. The number of thioether (sulfide) groups is 1. The van der Waals surface area contributed by atoms with Crippen LogP contribution >= 0.6 is 35.0 Å². The van der Waals surface area contributed by atoms with Crippen LogP contribution in [0.5, 0.6) is 0 Å². The Morgan fingerprint density at radius 1 is 1.45 bits per heavy atom. The zero-order valence-corrected chi connectivity index (χ0v) is 13.8. The number of benzene rings is 1. The Kier molecular flexibility index (Phi) is 5.41. The molecule has 0 aliphatic carbocycles.